The molecule has 0 aliphatic heterocycles. The van der Waals surface area contributed by atoms with Gasteiger partial charge in [-0.25, -0.2) is 4.98 Å². The van der Waals surface area contributed by atoms with E-state index in [4.69, 9.17) is 21.0 Å². The summed E-state index contributed by atoms with van der Waals surface area (Å²) in [5, 5.41) is 1.04. The molecule has 2 heterocycles. The molecule has 0 fully saturated rings. The third-order valence-electron chi connectivity index (χ3n) is 4.28. The maximum absolute atomic E-state index is 13.3. The molecule has 0 radical (unpaired) electrons. The van der Waals surface area contributed by atoms with Gasteiger partial charge in [0.05, 0.1) is 33.6 Å². The van der Waals surface area contributed by atoms with Crippen LogP contribution in [-0.4, -0.2) is 10.9 Å². The van der Waals surface area contributed by atoms with Crippen molar-refractivity contribution in [1.29, 1.82) is 0 Å². The number of thiazole rings is 1. The molecule has 0 aliphatic carbocycles. The molecule has 6 heteroatoms. The molecule has 1 amide bonds. The number of hydrogen-bond acceptors (Lipinski definition) is 4. The Bertz CT molecular complexity index is 1120. The lowest BCUT2D eigenvalue weighted by Crippen LogP contribution is -2.30. The van der Waals surface area contributed by atoms with Crippen molar-refractivity contribution in [3.63, 3.8) is 0 Å². The Morgan fingerprint density at radius 1 is 1.19 bits per heavy atom. The Balaban J connectivity index is 1.82. The third kappa shape index (κ3) is 3.48. The number of nitrogens with zero attached hydrogens (tertiary/aromatic N) is 2. The van der Waals surface area contributed by atoms with Crippen LogP contribution in [0.15, 0.2) is 59.2 Å². The quantitative estimate of drug-likeness (QED) is 0.424. The molecule has 2 aromatic heterocycles. The molecule has 4 nitrogen and oxygen atoms in total. The SMILES string of the molecule is Cc1cc(C)c2sc(N(Cc3ccco3)C(=O)c3ccccc3Cl)nc2c1. The Hall–Kier alpha value is -2.63. The van der Waals surface area contributed by atoms with Crippen molar-refractivity contribution in [1.82, 2.24) is 4.98 Å². The van der Waals surface area contributed by atoms with Crippen molar-refractivity contribution >= 4 is 44.2 Å². The summed E-state index contributed by atoms with van der Waals surface area (Å²) >= 11 is 7.77. The van der Waals surface area contributed by atoms with E-state index in [0.29, 0.717) is 21.5 Å². The average molecular weight is 397 g/mol. The zero-order valence-corrected chi connectivity index (χ0v) is 16.5. The van der Waals surface area contributed by atoms with Crippen LogP contribution >= 0.6 is 22.9 Å². The van der Waals surface area contributed by atoms with Crippen LogP contribution in [0.4, 0.5) is 5.13 Å². The van der Waals surface area contributed by atoms with Crippen molar-refractivity contribution in [3.8, 4) is 0 Å². The van der Waals surface area contributed by atoms with Crippen molar-refractivity contribution in [2.45, 2.75) is 20.4 Å². The maximum Gasteiger partial charge on any atom is 0.262 e. The first-order valence-corrected chi connectivity index (χ1v) is 9.69. The van der Waals surface area contributed by atoms with E-state index in [1.165, 1.54) is 11.3 Å². The second-order valence-corrected chi connectivity index (χ2v) is 7.76. The van der Waals surface area contributed by atoms with Crippen LogP contribution < -0.4 is 4.90 Å². The highest BCUT2D eigenvalue weighted by atomic mass is 35.5. The number of benzene rings is 2. The number of furan rings is 1. The number of carbonyl (C=O) groups is 1. The number of rotatable bonds is 4. The van der Waals surface area contributed by atoms with Crippen LogP contribution in [0, 0.1) is 13.8 Å². The molecule has 0 bridgehead atoms. The lowest BCUT2D eigenvalue weighted by atomic mass is 10.1. The minimum absolute atomic E-state index is 0.203. The summed E-state index contributed by atoms with van der Waals surface area (Å²) in [5.41, 5.74) is 3.63. The Labute approximate surface area is 166 Å². The molecule has 4 rings (SSSR count). The van der Waals surface area contributed by atoms with Gasteiger partial charge in [-0.1, -0.05) is 41.1 Å². The Kier molecular flexibility index (Phi) is 4.72. The van der Waals surface area contributed by atoms with Crippen LogP contribution in [0.3, 0.4) is 0 Å². The van der Waals surface area contributed by atoms with Gasteiger partial charge in [-0.3, -0.25) is 9.69 Å². The van der Waals surface area contributed by atoms with E-state index in [2.05, 4.69) is 13.0 Å². The lowest BCUT2D eigenvalue weighted by Gasteiger charge is -2.19. The largest absolute Gasteiger partial charge is 0.467 e. The van der Waals surface area contributed by atoms with Crippen LogP contribution in [0.2, 0.25) is 5.02 Å². The molecular weight excluding hydrogens is 380 g/mol. The summed E-state index contributed by atoms with van der Waals surface area (Å²) in [4.78, 5) is 19.6. The van der Waals surface area contributed by atoms with Crippen LogP contribution in [0.1, 0.15) is 27.2 Å². The van der Waals surface area contributed by atoms with Crippen LogP contribution in [0.25, 0.3) is 10.2 Å². The Morgan fingerprint density at radius 2 is 2.00 bits per heavy atom. The van der Waals surface area contributed by atoms with Gasteiger partial charge in [0, 0.05) is 0 Å². The van der Waals surface area contributed by atoms with Crippen molar-refractivity contribution < 1.29 is 9.21 Å². The fourth-order valence-electron chi connectivity index (χ4n) is 3.05. The predicted octanol–water partition coefficient (Wildman–Crippen LogP) is 6.01. The summed E-state index contributed by atoms with van der Waals surface area (Å²) in [6.07, 6.45) is 1.60. The first-order valence-electron chi connectivity index (χ1n) is 8.49. The summed E-state index contributed by atoms with van der Waals surface area (Å²) < 4.78 is 6.54. The number of anilines is 1. The van der Waals surface area contributed by atoms with Crippen molar-refractivity contribution in [2.24, 2.45) is 0 Å². The molecule has 0 unspecified atom stereocenters. The van der Waals surface area contributed by atoms with Gasteiger partial charge in [-0.05, 0) is 55.3 Å². The van der Waals surface area contributed by atoms with E-state index >= 15 is 0 Å². The normalized spacial score (nSPS) is 11.1. The highest BCUT2D eigenvalue weighted by Crippen LogP contribution is 2.34. The van der Waals surface area contributed by atoms with Gasteiger partial charge in [0.2, 0.25) is 0 Å². The summed E-state index contributed by atoms with van der Waals surface area (Å²) in [7, 11) is 0. The molecule has 0 N–H and O–H groups in total. The average Bonchev–Trinajstić information content (AvgIpc) is 3.29. The topological polar surface area (TPSA) is 46.3 Å². The monoisotopic (exact) mass is 396 g/mol. The maximum atomic E-state index is 13.3. The minimum atomic E-state index is -0.203. The second-order valence-electron chi connectivity index (χ2n) is 6.38. The van der Waals surface area contributed by atoms with E-state index in [9.17, 15) is 4.79 Å². The molecule has 2 aromatic carbocycles. The number of aromatic nitrogens is 1. The van der Waals surface area contributed by atoms with E-state index < -0.39 is 0 Å². The van der Waals surface area contributed by atoms with Gasteiger partial charge < -0.3 is 4.42 Å². The van der Waals surface area contributed by atoms with E-state index in [0.717, 1.165) is 21.3 Å². The smallest absolute Gasteiger partial charge is 0.262 e. The summed E-state index contributed by atoms with van der Waals surface area (Å²) in [6, 6.07) is 14.9. The minimum Gasteiger partial charge on any atom is -0.467 e. The van der Waals surface area contributed by atoms with Crippen molar-refractivity contribution in [2.75, 3.05) is 4.90 Å². The van der Waals surface area contributed by atoms with E-state index in [1.54, 1.807) is 41.5 Å². The fraction of sp³-hybridized carbons (Fsp3) is 0.143. The van der Waals surface area contributed by atoms with Gasteiger partial charge in [-0.15, -0.1) is 0 Å². The molecule has 0 aliphatic rings. The predicted molar refractivity (Wildman–Crippen MR) is 110 cm³/mol. The lowest BCUT2D eigenvalue weighted by molar-refractivity contribution is 0.0983. The van der Waals surface area contributed by atoms with Gasteiger partial charge >= 0.3 is 0 Å². The number of fused-ring (bicyclic) bond motifs is 1. The Morgan fingerprint density at radius 3 is 2.74 bits per heavy atom. The fourth-order valence-corrected chi connectivity index (χ4v) is 4.27. The zero-order chi connectivity index (χ0) is 19.0. The molecule has 0 spiro atoms. The molecule has 0 atom stereocenters. The standard InChI is InChI=1S/C21H17ClN2O2S/c1-13-10-14(2)19-18(11-13)23-21(27-19)24(12-15-6-5-9-26-15)20(25)16-7-3-4-8-17(16)22/h3-11H,12H2,1-2H3. The molecule has 136 valence electrons. The number of hydrogen-bond donors (Lipinski definition) is 0. The summed E-state index contributed by atoms with van der Waals surface area (Å²) in [5.74, 6) is 0.480. The molecular formula is C21H17ClN2O2S. The number of aryl methyl sites for hydroxylation is 2. The molecule has 27 heavy (non-hydrogen) atoms. The van der Waals surface area contributed by atoms with Gasteiger partial charge in [-0.2, -0.15) is 0 Å². The van der Waals surface area contributed by atoms with Crippen molar-refractivity contribution in [3.05, 3.63) is 82.3 Å². The number of halogens is 1. The van der Waals surface area contributed by atoms with Gasteiger partial charge in [0.25, 0.3) is 5.91 Å². The molecule has 4 aromatic rings. The van der Waals surface area contributed by atoms with Gasteiger partial charge in [0.15, 0.2) is 5.13 Å². The zero-order valence-electron chi connectivity index (χ0n) is 14.9. The summed E-state index contributed by atoms with van der Waals surface area (Å²) in [6.45, 7) is 4.39. The molecule has 0 saturated carbocycles. The highest BCUT2D eigenvalue weighted by Gasteiger charge is 2.24. The first kappa shape index (κ1) is 17.8. The van der Waals surface area contributed by atoms with Crippen LogP contribution in [-0.2, 0) is 6.54 Å². The van der Waals surface area contributed by atoms with Gasteiger partial charge in [0.1, 0.15) is 5.76 Å². The third-order valence-corrected chi connectivity index (χ3v) is 5.84. The second kappa shape index (κ2) is 7.18. The number of amides is 1. The highest BCUT2D eigenvalue weighted by molar-refractivity contribution is 7.22. The van der Waals surface area contributed by atoms with Crippen LogP contribution in [0.5, 0.6) is 0 Å². The van der Waals surface area contributed by atoms with E-state index in [-0.39, 0.29) is 12.5 Å². The number of carbonyl (C=O) groups excluding carboxylic acids is 1. The van der Waals surface area contributed by atoms with E-state index in [1.807, 2.05) is 19.1 Å². The molecule has 0 saturated heterocycles. The first-order chi connectivity index (χ1) is 13.0.